The van der Waals surface area contributed by atoms with E-state index in [2.05, 4.69) is 32.0 Å². The van der Waals surface area contributed by atoms with Crippen molar-refractivity contribution >= 4 is 0 Å². The summed E-state index contributed by atoms with van der Waals surface area (Å²) in [7, 11) is 0. The lowest BCUT2D eigenvalue weighted by atomic mass is 9.86. The highest BCUT2D eigenvalue weighted by Gasteiger charge is 2.23. The number of benzene rings is 1. The molecule has 1 nitrogen and oxygen atoms in total. The molecule has 0 aliphatic heterocycles. The molecule has 1 N–H and O–H groups in total. The van der Waals surface area contributed by atoms with E-state index in [4.69, 9.17) is 0 Å². The van der Waals surface area contributed by atoms with Gasteiger partial charge in [0.15, 0.2) is 0 Å². The third-order valence-electron chi connectivity index (χ3n) is 4.66. The lowest BCUT2D eigenvalue weighted by molar-refractivity contribution is 0.0979. The van der Waals surface area contributed by atoms with Crippen molar-refractivity contribution in [1.29, 1.82) is 0 Å². The van der Waals surface area contributed by atoms with Crippen LogP contribution in [0.15, 0.2) is 18.2 Å². The first-order valence-electron chi connectivity index (χ1n) is 8.06. The zero-order valence-electron chi connectivity index (χ0n) is 12.5. The quantitative estimate of drug-likeness (QED) is 0.770. The van der Waals surface area contributed by atoms with Gasteiger partial charge in [-0.15, -0.1) is 0 Å². The molecule has 1 heteroatoms. The molecule has 0 saturated heterocycles. The normalized spacial score (nSPS) is 19.1. The van der Waals surface area contributed by atoms with E-state index < -0.39 is 0 Å². The van der Waals surface area contributed by atoms with Crippen molar-refractivity contribution in [3.8, 4) is 0 Å². The molecule has 0 bridgehead atoms. The molecule has 1 saturated carbocycles. The lowest BCUT2D eigenvalue weighted by Gasteiger charge is -2.24. The van der Waals surface area contributed by atoms with Crippen LogP contribution in [0.2, 0.25) is 0 Å². The molecule has 1 aliphatic carbocycles. The molecule has 0 aromatic heterocycles. The Labute approximate surface area is 118 Å². The van der Waals surface area contributed by atoms with Crippen LogP contribution in [0.5, 0.6) is 0 Å². The van der Waals surface area contributed by atoms with E-state index in [1.165, 1.54) is 55.2 Å². The Morgan fingerprint density at radius 1 is 1.05 bits per heavy atom. The Bertz CT molecular complexity index is 389. The molecular formula is C18H28O. The van der Waals surface area contributed by atoms with Gasteiger partial charge in [-0.25, -0.2) is 0 Å². The van der Waals surface area contributed by atoms with Gasteiger partial charge in [-0.3, -0.25) is 0 Å². The monoisotopic (exact) mass is 260 g/mol. The van der Waals surface area contributed by atoms with Crippen molar-refractivity contribution in [2.45, 2.75) is 71.3 Å². The second kappa shape index (κ2) is 7.09. The van der Waals surface area contributed by atoms with Crippen molar-refractivity contribution in [1.82, 2.24) is 0 Å². The Morgan fingerprint density at radius 3 is 2.32 bits per heavy atom. The van der Waals surface area contributed by atoms with Gasteiger partial charge in [0.2, 0.25) is 0 Å². The molecule has 1 fully saturated rings. The summed E-state index contributed by atoms with van der Waals surface area (Å²) in [5.74, 6) is 0.472. The molecule has 1 aromatic carbocycles. The molecule has 0 amide bonds. The molecule has 1 atom stereocenters. The maximum Gasteiger partial charge on any atom is 0.0820 e. The lowest BCUT2D eigenvalue weighted by Crippen LogP contribution is -2.14. The third kappa shape index (κ3) is 3.60. The second-order valence-corrected chi connectivity index (χ2v) is 5.94. The standard InChI is InChI=1S/C18H28O/c1-3-14-11-12-15(4-2)17(13-14)18(19)16-9-7-5-6-8-10-16/h11-13,16,18-19H,3-10H2,1-2H3. The average Bonchev–Trinajstić information content (AvgIpc) is 2.74. The van der Waals surface area contributed by atoms with Crippen molar-refractivity contribution < 1.29 is 5.11 Å². The molecule has 19 heavy (non-hydrogen) atoms. The van der Waals surface area contributed by atoms with Gasteiger partial charge in [0.1, 0.15) is 0 Å². The summed E-state index contributed by atoms with van der Waals surface area (Å²) in [6.45, 7) is 4.37. The predicted octanol–water partition coefficient (Wildman–Crippen LogP) is 4.82. The molecule has 0 heterocycles. The minimum atomic E-state index is -0.250. The Balaban J connectivity index is 2.22. The zero-order chi connectivity index (χ0) is 13.7. The van der Waals surface area contributed by atoms with E-state index in [9.17, 15) is 5.11 Å². The summed E-state index contributed by atoms with van der Waals surface area (Å²) in [6.07, 6.45) is 9.48. The topological polar surface area (TPSA) is 20.2 Å². The van der Waals surface area contributed by atoms with Crippen LogP contribution < -0.4 is 0 Å². The summed E-state index contributed by atoms with van der Waals surface area (Å²) in [6, 6.07) is 6.67. The number of aryl methyl sites for hydroxylation is 2. The number of aliphatic hydroxyl groups excluding tert-OH is 1. The molecular weight excluding hydrogens is 232 g/mol. The van der Waals surface area contributed by atoms with Gasteiger partial charge in [-0.05, 0) is 48.3 Å². The smallest absolute Gasteiger partial charge is 0.0820 e. The maximum absolute atomic E-state index is 10.8. The van der Waals surface area contributed by atoms with Gasteiger partial charge in [0, 0.05) is 0 Å². The largest absolute Gasteiger partial charge is 0.388 e. The van der Waals surface area contributed by atoms with Gasteiger partial charge < -0.3 is 5.11 Å². The predicted molar refractivity (Wildman–Crippen MR) is 81.3 cm³/mol. The summed E-state index contributed by atoms with van der Waals surface area (Å²) in [5, 5.41) is 10.8. The Morgan fingerprint density at radius 2 is 1.74 bits per heavy atom. The van der Waals surface area contributed by atoms with Crippen LogP contribution in [-0.4, -0.2) is 5.11 Å². The van der Waals surface area contributed by atoms with Crippen LogP contribution in [0.25, 0.3) is 0 Å². The summed E-state index contributed by atoms with van der Waals surface area (Å²) >= 11 is 0. The molecule has 0 spiro atoms. The Kier molecular flexibility index (Phi) is 5.45. The van der Waals surface area contributed by atoms with Crippen molar-refractivity contribution in [2.75, 3.05) is 0 Å². The fraction of sp³-hybridized carbons (Fsp3) is 0.667. The highest BCUT2D eigenvalue weighted by atomic mass is 16.3. The maximum atomic E-state index is 10.8. The third-order valence-corrected chi connectivity index (χ3v) is 4.66. The van der Waals surface area contributed by atoms with Crippen molar-refractivity contribution in [3.05, 3.63) is 34.9 Å². The molecule has 106 valence electrons. The minimum Gasteiger partial charge on any atom is -0.388 e. The average molecular weight is 260 g/mol. The second-order valence-electron chi connectivity index (χ2n) is 5.94. The molecule has 1 unspecified atom stereocenters. The van der Waals surface area contributed by atoms with E-state index in [1.807, 2.05) is 0 Å². The van der Waals surface area contributed by atoms with Gasteiger partial charge >= 0.3 is 0 Å². The summed E-state index contributed by atoms with van der Waals surface area (Å²) in [4.78, 5) is 0. The number of aliphatic hydroxyl groups is 1. The van der Waals surface area contributed by atoms with Crippen LogP contribution >= 0.6 is 0 Å². The first kappa shape index (κ1) is 14.6. The number of hydrogen-bond acceptors (Lipinski definition) is 1. The van der Waals surface area contributed by atoms with Gasteiger partial charge in [-0.2, -0.15) is 0 Å². The van der Waals surface area contributed by atoms with Crippen LogP contribution in [-0.2, 0) is 12.8 Å². The fourth-order valence-corrected chi connectivity index (χ4v) is 3.34. The number of hydrogen-bond donors (Lipinski definition) is 1. The van der Waals surface area contributed by atoms with Crippen LogP contribution in [0.1, 0.15) is 75.2 Å². The minimum absolute atomic E-state index is 0.250. The summed E-state index contributed by atoms with van der Waals surface area (Å²) in [5.41, 5.74) is 3.88. The van der Waals surface area contributed by atoms with E-state index in [0.29, 0.717) is 5.92 Å². The van der Waals surface area contributed by atoms with Crippen LogP contribution in [0.3, 0.4) is 0 Å². The summed E-state index contributed by atoms with van der Waals surface area (Å²) < 4.78 is 0. The number of rotatable bonds is 4. The van der Waals surface area contributed by atoms with Crippen LogP contribution in [0.4, 0.5) is 0 Å². The molecule has 0 radical (unpaired) electrons. The van der Waals surface area contributed by atoms with E-state index in [-0.39, 0.29) is 6.10 Å². The van der Waals surface area contributed by atoms with Gasteiger partial charge in [0.05, 0.1) is 6.10 Å². The van der Waals surface area contributed by atoms with E-state index >= 15 is 0 Å². The molecule has 2 rings (SSSR count). The van der Waals surface area contributed by atoms with Gasteiger partial charge in [-0.1, -0.05) is 57.7 Å². The van der Waals surface area contributed by atoms with E-state index in [1.54, 1.807) is 0 Å². The van der Waals surface area contributed by atoms with Crippen molar-refractivity contribution in [2.24, 2.45) is 5.92 Å². The van der Waals surface area contributed by atoms with Gasteiger partial charge in [0.25, 0.3) is 0 Å². The SMILES string of the molecule is CCc1ccc(CC)c(C(O)C2CCCCCC2)c1. The molecule has 1 aliphatic rings. The van der Waals surface area contributed by atoms with Crippen molar-refractivity contribution in [3.63, 3.8) is 0 Å². The highest BCUT2D eigenvalue weighted by Crippen LogP contribution is 2.35. The Hall–Kier alpha value is -0.820. The fourth-order valence-electron chi connectivity index (χ4n) is 3.34. The highest BCUT2D eigenvalue weighted by molar-refractivity contribution is 5.34. The first-order chi connectivity index (χ1) is 9.26. The van der Waals surface area contributed by atoms with E-state index in [0.717, 1.165) is 12.8 Å². The molecule has 1 aromatic rings. The zero-order valence-corrected chi connectivity index (χ0v) is 12.5. The van der Waals surface area contributed by atoms with Crippen LogP contribution in [0, 0.1) is 5.92 Å². The first-order valence-corrected chi connectivity index (χ1v) is 8.06.